The molecule has 34 heavy (non-hydrogen) atoms. The van der Waals surface area contributed by atoms with Gasteiger partial charge in [-0.25, -0.2) is 19.4 Å². The number of carboxylic acid groups (broad SMARTS) is 2. The third-order valence-electron chi connectivity index (χ3n) is 5.31. The smallest absolute Gasteiger partial charge is 0.328 e. The molecule has 0 saturated heterocycles. The van der Waals surface area contributed by atoms with E-state index in [2.05, 4.69) is 9.97 Å². The molecule has 3 heterocycles. The molecular weight excluding hydrogens is 442 g/mol. The summed E-state index contributed by atoms with van der Waals surface area (Å²) in [5, 5.41) is 16.4. The van der Waals surface area contributed by atoms with Crippen LogP contribution >= 0.6 is 0 Å². The van der Waals surface area contributed by atoms with Crippen LogP contribution in [0.5, 0.6) is 0 Å². The molecule has 178 valence electrons. The van der Waals surface area contributed by atoms with Gasteiger partial charge in [-0.05, 0) is 13.0 Å². The lowest BCUT2D eigenvalue weighted by Gasteiger charge is -2.28. The Kier molecular flexibility index (Phi) is 7.15. The molecule has 2 aromatic heterocycles. The zero-order valence-corrected chi connectivity index (χ0v) is 19.0. The molecule has 0 fully saturated rings. The molecule has 4 rings (SSSR count). The molecule has 0 spiro atoms. The maximum atomic E-state index is 13.2. The Hall–Kier alpha value is -4.41. The SMILES string of the molecule is Cc1[nH]cnc1CN1CCc2c(c3ccccc3n2C(=O)N(C)C)C1=O.O=C(O)C=CC(=O)O. The first kappa shape index (κ1) is 24.2. The normalized spacial score (nSPS) is 12.9. The average molecular weight is 467 g/mol. The summed E-state index contributed by atoms with van der Waals surface area (Å²) in [7, 11) is 3.45. The van der Waals surface area contributed by atoms with Crippen molar-refractivity contribution in [3.8, 4) is 0 Å². The van der Waals surface area contributed by atoms with Gasteiger partial charge >= 0.3 is 18.0 Å². The van der Waals surface area contributed by atoms with Crippen molar-refractivity contribution in [2.24, 2.45) is 0 Å². The van der Waals surface area contributed by atoms with Crippen LogP contribution in [-0.4, -0.2) is 79.1 Å². The topological polar surface area (TPSA) is 149 Å². The van der Waals surface area contributed by atoms with Gasteiger partial charge in [-0.1, -0.05) is 18.2 Å². The molecule has 11 nitrogen and oxygen atoms in total. The van der Waals surface area contributed by atoms with E-state index in [0.717, 1.165) is 28.0 Å². The van der Waals surface area contributed by atoms with Crippen molar-refractivity contribution < 1.29 is 29.4 Å². The van der Waals surface area contributed by atoms with E-state index < -0.39 is 11.9 Å². The van der Waals surface area contributed by atoms with Gasteiger partial charge in [0.2, 0.25) is 0 Å². The van der Waals surface area contributed by atoms with E-state index in [1.807, 2.05) is 36.1 Å². The number of aryl methyl sites for hydroxylation is 1. The van der Waals surface area contributed by atoms with E-state index in [0.29, 0.717) is 37.2 Å². The maximum Gasteiger partial charge on any atom is 0.328 e. The van der Waals surface area contributed by atoms with Gasteiger partial charge in [0.25, 0.3) is 5.91 Å². The van der Waals surface area contributed by atoms with Crippen LogP contribution in [-0.2, 0) is 22.6 Å². The second-order valence-corrected chi connectivity index (χ2v) is 7.81. The van der Waals surface area contributed by atoms with Crippen LogP contribution in [0.2, 0.25) is 0 Å². The standard InChI is InChI=1S/C19H21N5O2.C4H4O4/c1-12-14(21-11-20-12)10-23-9-8-16-17(18(23)25)13-6-4-5-7-15(13)24(16)19(26)22(2)3;5-3(6)1-2-4(7)8/h4-7,11H,8-10H2,1-3H3,(H,20,21);1-2H,(H,5,6)(H,7,8). The number of benzene rings is 1. The Bertz CT molecular complexity index is 1270. The van der Waals surface area contributed by atoms with Crippen molar-refractivity contribution in [3.63, 3.8) is 0 Å². The van der Waals surface area contributed by atoms with Gasteiger partial charge < -0.3 is 25.0 Å². The minimum Gasteiger partial charge on any atom is -0.478 e. The number of hydrogen-bond acceptors (Lipinski definition) is 5. The molecule has 1 aliphatic rings. The summed E-state index contributed by atoms with van der Waals surface area (Å²) in [6.45, 7) is 2.98. The minimum atomic E-state index is -1.26. The molecule has 0 unspecified atom stereocenters. The van der Waals surface area contributed by atoms with Gasteiger partial charge in [-0.3, -0.25) is 9.36 Å². The first-order chi connectivity index (χ1) is 16.1. The van der Waals surface area contributed by atoms with Crippen molar-refractivity contribution in [2.45, 2.75) is 19.9 Å². The molecular formula is C23H25N5O6. The number of rotatable bonds is 4. The largest absolute Gasteiger partial charge is 0.478 e. The first-order valence-corrected chi connectivity index (χ1v) is 10.4. The van der Waals surface area contributed by atoms with Crippen LogP contribution in [0.1, 0.15) is 27.4 Å². The fourth-order valence-electron chi connectivity index (χ4n) is 3.71. The molecule has 3 N–H and O–H groups in total. The summed E-state index contributed by atoms with van der Waals surface area (Å²) in [6, 6.07) is 7.46. The molecule has 1 aromatic carbocycles. The molecule has 3 aromatic rings. The molecule has 1 aliphatic heterocycles. The number of carboxylic acids is 2. The van der Waals surface area contributed by atoms with E-state index in [1.54, 1.807) is 25.0 Å². The van der Waals surface area contributed by atoms with Crippen molar-refractivity contribution >= 4 is 34.8 Å². The van der Waals surface area contributed by atoms with Crippen molar-refractivity contribution in [2.75, 3.05) is 20.6 Å². The summed E-state index contributed by atoms with van der Waals surface area (Å²) >= 11 is 0. The Morgan fingerprint density at radius 3 is 2.35 bits per heavy atom. The molecule has 0 atom stereocenters. The molecule has 11 heteroatoms. The Morgan fingerprint density at radius 1 is 1.15 bits per heavy atom. The number of carbonyl (C=O) groups is 4. The maximum absolute atomic E-state index is 13.2. The first-order valence-electron chi connectivity index (χ1n) is 10.4. The third-order valence-corrected chi connectivity index (χ3v) is 5.31. The number of aromatic amines is 1. The zero-order chi connectivity index (χ0) is 25.0. The zero-order valence-electron chi connectivity index (χ0n) is 19.0. The second kappa shape index (κ2) is 10.0. The number of nitrogens with zero attached hydrogens (tertiary/aromatic N) is 4. The van der Waals surface area contributed by atoms with Crippen LogP contribution in [0.15, 0.2) is 42.7 Å². The highest BCUT2D eigenvalue weighted by Crippen LogP contribution is 2.31. The summed E-state index contributed by atoms with van der Waals surface area (Å²) < 4.78 is 1.68. The fraction of sp³-hybridized carbons (Fsp3) is 0.261. The van der Waals surface area contributed by atoms with Crippen molar-refractivity contribution in [1.82, 2.24) is 24.3 Å². The number of imidazole rings is 1. The second-order valence-electron chi connectivity index (χ2n) is 7.81. The minimum absolute atomic E-state index is 0.0462. The van der Waals surface area contributed by atoms with Crippen LogP contribution in [0, 0.1) is 6.92 Å². The molecule has 0 saturated carbocycles. The predicted octanol–water partition coefficient (Wildman–Crippen LogP) is 2.11. The Labute approximate surface area is 194 Å². The number of aliphatic carboxylic acids is 2. The lowest BCUT2D eigenvalue weighted by atomic mass is 10.0. The van der Waals surface area contributed by atoms with Gasteiger partial charge in [0.05, 0.1) is 29.6 Å². The van der Waals surface area contributed by atoms with Gasteiger partial charge in [-0.15, -0.1) is 0 Å². The highest BCUT2D eigenvalue weighted by atomic mass is 16.4. The summed E-state index contributed by atoms with van der Waals surface area (Å²) in [4.78, 5) is 55.8. The van der Waals surface area contributed by atoms with E-state index in [1.165, 1.54) is 4.90 Å². The number of aromatic nitrogens is 3. The number of amides is 2. The number of nitrogens with one attached hydrogen (secondary N) is 1. The van der Waals surface area contributed by atoms with E-state index >= 15 is 0 Å². The Morgan fingerprint density at radius 2 is 1.79 bits per heavy atom. The molecule has 2 amide bonds. The third kappa shape index (κ3) is 4.98. The van der Waals surface area contributed by atoms with Crippen LogP contribution < -0.4 is 0 Å². The molecule has 0 bridgehead atoms. The predicted molar refractivity (Wildman–Crippen MR) is 123 cm³/mol. The summed E-state index contributed by atoms with van der Waals surface area (Å²) in [5.74, 6) is -2.56. The van der Waals surface area contributed by atoms with Crippen molar-refractivity contribution in [3.05, 3.63) is 65.4 Å². The average Bonchev–Trinajstić information content (AvgIpc) is 3.35. The monoisotopic (exact) mass is 467 g/mol. The number of hydrogen-bond donors (Lipinski definition) is 3. The van der Waals surface area contributed by atoms with Gasteiger partial charge in [0, 0.05) is 56.0 Å². The summed E-state index contributed by atoms with van der Waals surface area (Å²) in [6.07, 6.45) is 3.40. The quantitative estimate of drug-likeness (QED) is 0.498. The molecule has 0 radical (unpaired) electrons. The van der Waals surface area contributed by atoms with Crippen LogP contribution in [0.4, 0.5) is 4.79 Å². The van der Waals surface area contributed by atoms with Crippen LogP contribution in [0.3, 0.4) is 0 Å². The highest BCUT2D eigenvalue weighted by Gasteiger charge is 2.33. The fourth-order valence-corrected chi connectivity index (χ4v) is 3.71. The van der Waals surface area contributed by atoms with E-state index in [-0.39, 0.29) is 11.9 Å². The highest BCUT2D eigenvalue weighted by molar-refractivity contribution is 6.11. The number of para-hydroxylation sites is 1. The number of fused-ring (bicyclic) bond motifs is 3. The summed E-state index contributed by atoms with van der Waals surface area (Å²) in [5.41, 5.74) is 4.05. The van der Waals surface area contributed by atoms with Gasteiger partial charge in [-0.2, -0.15) is 0 Å². The van der Waals surface area contributed by atoms with Crippen LogP contribution in [0.25, 0.3) is 10.9 Å². The van der Waals surface area contributed by atoms with Gasteiger partial charge in [0.1, 0.15) is 0 Å². The molecule has 0 aliphatic carbocycles. The number of carbonyl (C=O) groups excluding carboxylic acids is 2. The van der Waals surface area contributed by atoms with E-state index in [9.17, 15) is 19.2 Å². The Balaban J connectivity index is 0.000000350. The van der Waals surface area contributed by atoms with E-state index in [4.69, 9.17) is 10.2 Å². The van der Waals surface area contributed by atoms with Gasteiger partial charge in [0.15, 0.2) is 0 Å². The lowest BCUT2D eigenvalue weighted by molar-refractivity contribution is -0.134. The number of H-pyrrole nitrogens is 1. The lowest BCUT2D eigenvalue weighted by Crippen LogP contribution is -2.39. The van der Waals surface area contributed by atoms with Crippen molar-refractivity contribution in [1.29, 1.82) is 0 Å².